The lowest BCUT2D eigenvalue weighted by atomic mass is 9.94. The minimum absolute atomic E-state index is 0.00814. The molecule has 0 radical (unpaired) electrons. The number of aryl methyl sites for hydroxylation is 1. The van der Waals surface area contributed by atoms with Gasteiger partial charge in [0.15, 0.2) is 0 Å². The molecule has 0 spiro atoms. The Labute approximate surface area is 240 Å². The smallest absolute Gasteiger partial charge is 0.337 e. The molecule has 1 fully saturated rings. The fourth-order valence-electron chi connectivity index (χ4n) is 5.00. The summed E-state index contributed by atoms with van der Waals surface area (Å²) in [6.07, 6.45) is 0. The van der Waals surface area contributed by atoms with Gasteiger partial charge in [-0.3, -0.25) is 9.59 Å². The monoisotopic (exact) mass is 556 g/mol. The van der Waals surface area contributed by atoms with Crippen molar-refractivity contribution in [1.29, 1.82) is 0 Å². The maximum Gasteiger partial charge on any atom is 0.337 e. The Morgan fingerprint density at radius 2 is 1.61 bits per heavy atom. The molecular weight excluding hydrogens is 520 g/mol. The van der Waals surface area contributed by atoms with Crippen LogP contribution in [0.5, 0.6) is 5.75 Å². The first-order chi connectivity index (χ1) is 19.8. The predicted octanol–water partition coefficient (Wildman–Crippen LogP) is 5.12. The molecule has 1 aliphatic heterocycles. The highest BCUT2D eigenvalue weighted by Crippen LogP contribution is 2.39. The van der Waals surface area contributed by atoms with Gasteiger partial charge >= 0.3 is 5.97 Å². The lowest BCUT2D eigenvalue weighted by Gasteiger charge is -2.28. The molecule has 3 aromatic rings. The van der Waals surface area contributed by atoms with E-state index in [1.807, 2.05) is 39.0 Å². The first kappa shape index (κ1) is 29.6. The van der Waals surface area contributed by atoms with Crippen LogP contribution in [-0.4, -0.2) is 65.9 Å². The SMILES string of the molecule is CCN(CC)CCN1C(=O)C(=O)C(=C(O)c2ccc(OCc3cccc(C)c3)cc2)C1c1ccc(C(=O)OC)cc1. The number of carbonyl (C=O) groups is 3. The fourth-order valence-corrected chi connectivity index (χ4v) is 5.00. The molecule has 0 bridgehead atoms. The number of hydrogen-bond acceptors (Lipinski definition) is 7. The number of ketones is 1. The standard InChI is InChI=1S/C33H36N2O6/c1-5-34(6-2)18-19-35-29(24-10-12-26(13-11-24)33(39)40-4)28(31(37)32(35)38)30(36)25-14-16-27(17-15-25)41-21-23-9-7-8-22(3)20-23/h7-17,20,29,36H,5-6,18-19,21H2,1-4H3. The van der Waals surface area contributed by atoms with Crippen LogP contribution in [0.25, 0.3) is 5.76 Å². The highest BCUT2D eigenvalue weighted by molar-refractivity contribution is 6.46. The predicted molar refractivity (Wildman–Crippen MR) is 157 cm³/mol. The summed E-state index contributed by atoms with van der Waals surface area (Å²) >= 11 is 0. The Morgan fingerprint density at radius 3 is 2.22 bits per heavy atom. The summed E-state index contributed by atoms with van der Waals surface area (Å²) in [6, 6.07) is 20.6. The zero-order chi connectivity index (χ0) is 29.5. The molecule has 1 heterocycles. The van der Waals surface area contributed by atoms with E-state index >= 15 is 0 Å². The number of benzene rings is 3. The topological polar surface area (TPSA) is 96.4 Å². The Morgan fingerprint density at radius 1 is 0.951 bits per heavy atom. The highest BCUT2D eigenvalue weighted by atomic mass is 16.5. The van der Waals surface area contributed by atoms with Crippen LogP contribution in [0.15, 0.2) is 78.4 Å². The molecule has 214 valence electrons. The molecule has 0 aliphatic carbocycles. The first-order valence-corrected chi connectivity index (χ1v) is 13.7. The summed E-state index contributed by atoms with van der Waals surface area (Å²) in [5.41, 5.74) is 3.54. The van der Waals surface area contributed by atoms with Crippen LogP contribution in [-0.2, 0) is 20.9 Å². The number of Topliss-reactive ketones (excluding diaryl/α,β-unsaturated/α-hetero) is 1. The maximum absolute atomic E-state index is 13.4. The number of rotatable bonds is 11. The fraction of sp³-hybridized carbons (Fsp3) is 0.303. The van der Waals surface area contributed by atoms with Crippen LogP contribution in [0.1, 0.15) is 52.5 Å². The largest absolute Gasteiger partial charge is 0.507 e. The van der Waals surface area contributed by atoms with Gasteiger partial charge in [-0.15, -0.1) is 0 Å². The molecule has 8 nitrogen and oxygen atoms in total. The molecule has 1 N–H and O–H groups in total. The number of likely N-dealkylation sites (tertiary alicyclic amines) is 1. The number of methoxy groups -OCH3 is 1. The van der Waals surface area contributed by atoms with E-state index in [4.69, 9.17) is 9.47 Å². The van der Waals surface area contributed by atoms with Gasteiger partial charge in [0.2, 0.25) is 0 Å². The normalized spacial score (nSPS) is 16.3. The highest BCUT2D eigenvalue weighted by Gasteiger charge is 2.46. The van der Waals surface area contributed by atoms with Gasteiger partial charge in [-0.2, -0.15) is 0 Å². The molecule has 1 unspecified atom stereocenters. The molecule has 1 amide bonds. The number of carbonyl (C=O) groups excluding carboxylic acids is 3. The summed E-state index contributed by atoms with van der Waals surface area (Å²) in [5.74, 6) is -1.56. The van der Waals surface area contributed by atoms with E-state index in [9.17, 15) is 19.5 Å². The van der Waals surface area contributed by atoms with Gasteiger partial charge in [0.05, 0.1) is 24.3 Å². The maximum atomic E-state index is 13.4. The quantitative estimate of drug-likeness (QED) is 0.152. The minimum Gasteiger partial charge on any atom is -0.507 e. The number of amides is 1. The van der Waals surface area contributed by atoms with Gasteiger partial charge in [-0.1, -0.05) is 55.8 Å². The zero-order valence-corrected chi connectivity index (χ0v) is 23.9. The average molecular weight is 557 g/mol. The van der Waals surface area contributed by atoms with E-state index in [1.54, 1.807) is 48.5 Å². The molecule has 41 heavy (non-hydrogen) atoms. The first-order valence-electron chi connectivity index (χ1n) is 13.7. The molecule has 3 aromatic carbocycles. The molecule has 1 aliphatic rings. The molecule has 0 saturated carbocycles. The van der Waals surface area contributed by atoms with E-state index in [1.165, 1.54) is 12.0 Å². The van der Waals surface area contributed by atoms with Gasteiger partial charge in [-0.05, 0) is 67.5 Å². The van der Waals surface area contributed by atoms with Crippen LogP contribution >= 0.6 is 0 Å². The van der Waals surface area contributed by atoms with Crippen molar-refractivity contribution < 1.29 is 29.0 Å². The second-order valence-electron chi connectivity index (χ2n) is 9.94. The molecule has 0 aromatic heterocycles. The van der Waals surface area contributed by atoms with Crippen molar-refractivity contribution in [3.05, 3.63) is 106 Å². The van der Waals surface area contributed by atoms with E-state index in [-0.39, 0.29) is 11.3 Å². The third-order valence-corrected chi connectivity index (χ3v) is 7.35. The van der Waals surface area contributed by atoms with Crippen molar-refractivity contribution in [2.45, 2.75) is 33.4 Å². The summed E-state index contributed by atoms with van der Waals surface area (Å²) < 4.78 is 10.7. The van der Waals surface area contributed by atoms with Crippen molar-refractivity contribution in [2.24, 2.45) is 0 Å². The van der Waals surface area contributed by atoms with Gasteiger partial charge in [-0.25, -0.2) is 4.79 Å². The van der Waals surface area contributed by atoms with Crippen LogP contribution < -0.4 is 4.74 Å². The van der Waals surface area contributed by atoms with E-state index in [0.29, 0.717) is 42.1 Å². The Balaban J connectivity index is 1.66. The summed E-state index contributed by atoms with van der Waals surface area (Å²) in [5, 5.41) is 11.4. The second-order valence-corrected chi connectivity index (χ2v) is 9.94. The molecule has 4 rings (SSSR count). The van der Waals surface area contributed by atoms with Crippen LogP contribution in [0.3, 0.4) is 0 Å². The Bertz CT molecular complexity index is 1420. The number of esters is 1. The lowest BCUT2D eigenvalue weighted by molar-refractivity contribution is -0.140. The van der Waals surface area contributed by atoms with Crippen molar-refractivity contribution in [3.8, 4) is 5.75 Å². The number of aliphatic hydroxyl groups is 1. The van der Waals surface area contributed by atoms with Crippen LogP contribution in [0.2, 0.25) is 0 Å². The third-order valence-electron chi connectivity index (χ3n) is 7.35. The lowest BCUT2D eigenvalue weighted by Crippen LogP contribution is -2.38. The van der Waals surface area contributed by atoms with E-state index < -0.39 is 23.7 Å². The minimum atomic E-state index is -0.811. The van der Waals surface area contributed by atoms with Crippen molar-refractivity contribution >= 4 is 23.4 Å². The summed E-state index contributed by atoms with van der Waals surface area (Å²) in [4.78, 5) is 42.3. The third kappa shape index (κ3) is 6.66. The number of aliphatic hydroxyl groups excluding tert-OH is 1. The van der Waals surface area contributed by atoms with Crippen LogP contribution in [0.4, 0.5) is 0 Å². The zero-order valence-electron chi connectivity index (χ0n) is 23.9. The second kappa shape index (κ2) is 13.3. The number of hydrogen-bond donors (Lipinski definition) is 1. The van der Waals surface area contributed by atoms with Crippen molar-refractivity contribution in [3.63, 3.8) is 0 Å². The van der Waals surface area contributed by atoms with E-state index in [0.717, 1.165) is 24.2 Å². The molecular formula is C33H36N2O6. The number of nitrogens with zero attached hydrogens (tertiary/aromatic N) is 2. The number of likely N-dealkylation sites (N-methyl/N-ethyl adjacent to an activating group) is 1. The average Bonchev–Trinajstić information content (AvgIpc) is 3.25. The number of ether oxygens (including phenoxy) is 2. The van der Waals surface area contributed by atoms with Gasteiger partial charge in [0.1, 0.15) is 18.1 Å². The van der Waals surface area contributed by atoms with Gasteiger partial charge in [0.25, 0.3) is 11.7 Å². The summed E-state index contributed by atoms with van der Waals surface area (Å²) in [7, 11) is 1.30. The molecule has 8 heteroatoms. The van der Waals surface area contributed by atoms with Crippen molar-refractivity contribution in [2.75, 3.05) is 33.3 Å². The van der Waals surface area contributed by atoms with Crippen molar-refractivity contribution in [1.82, 2.24) is 9.80 Å². The Kier molecular flexibility index (Phi) is 9.57. The van der Waals surface area contributed by atoms with Gasteiger partial charge in [0, 0.05) is 18.7 Å². The summed E-state index contributed by atoms with van der Waals surface area (Å²) in [6.45, 7) is 8.97. The van der Waals surface area contributed by atoms with Gasteiger partial charge < -0.3 is 24.4 Å². The molecule has 1 atom stereocenters. The Hall–Kier alpha value is -4.43. The molecule has 1 saturated heterocycles. The van der Waals surface area contributed by atoms with E-state index in [2.05, 4.69) is 11.0 Å². The van der Waals surface area contributed by atoms with Crippen LogP contribution in [0, 0.1) is 6.92 Å².